The number of fused-ring (bicyclic) bond motifs is 3. The van der Waals surface area contributed by atoms with Gasteiger partial charge in [-0.25, -0.2) is 4.39 Å². The number of nitrogens with zero attached hydrogens (tertiary/aromatic N) is 2. The summed E-state index contributed by atoms with van der Waals surface area (Å²) in [4.78, 5) is 14.0. The summed E-state index contributed by atoms with van der Waals surface area (Å²) in [5.74, 6) is -0.668. The van der Waals surface area contributed by atoms with Crippen molar-refractivity contribution in [2.45, 2.75) is 6.04 Å². The Balaban J connectivity index is 1.81. The lowest BCUT2D eigenvalue weighted by atomic mass is 10.1. The Morgan fingerprint density at radius 3 is 2.52 bits per heavy atom. The Kier molecular flexibility index (Phi) is 2.94. The van der Waals surface area contributed by atoms with Gasteiger partial charge in [0.1, 0.15) is 17.6 Å². The number of hydrogen-bond donors (Lipinski definition) is 0. The zero-order chi connectivity index (χ0) is 16.2. The minimum atomic E-state index is -4.06. The fraction of sp³-hybridized carbons (Fsp3) is 0.133. The van der Waals surface area contributed by atoms with E-state index < -0.39 is 28.1 Å². The molecule has 118 valence electrons. The summed E-state index contributed by atoms with van der Waals surface area (Å²) in [5, 5.41) is 0. The summed E-state index contributed by atoms with van der Waals surface area (Å²) in [6.45, 7) is -0.175. The zero-order valence-corrected chi connectivity index (χ0v) is 12.5. The Morgan fingerprint density at radius 1 is 1.09 bits per heavy atom. The van der Waals surface area contributed by atoms with E-state index >= 15 is 0 Å². The van der Waals surface area contributed by atoms with E-state index in [1.165, 1.54) is 35.2 Å². The van der Waals surface area contributed by atoms with Crippen LogP contribution in [0.5, 0.6) is 5.75 Å². The molecule has 0 aromatic heterocycles. The minimum absolute atomic E-state index is 0.156. The van der Waals surface area contributed by atoms with Crippen LogP contribution in [0.15, 0.2) is 48.5 Å². The number of para-hydroxylation sites is 1. The van der Waals surface area contributed by atoms with Gasteiger partial charge >= 0.3 is 10.3 Å². The van der Waals surface area contributed by atoms with Crippen LogP contribution in [-0.2, 0) is 15.1 Å². The molecule has 0 spiro atoms. The second-order valence-electron chi connectivity index (χ2n) is 5.25. The standard InChI is InChI=1S/C15H11FN2O4S/c16-10-5-7-11(8-6-10)17-9-18-14(15(17)19)12-3-1-2-4-13(12)22-23(18,20)21/h1-8,14H,9H2/t14-/m1/s1. The summed E-state index contributed by atoms with van der Waals surface area (Å²) in [7, 11) is -4.06. The first-order chi connectivity index (χ1) is 11.0. The van der Waals surface area contributed by atoms with Gasteiger partial charge in [-0.2, -0.15) is 8.42 Å². The first-order valence-electron chi connectivity index (χ1n) is 6.84. The highest BCUT2D eigenvalue weighted by Gasteiger charge is 2.51. The summed E-state index contributed by atoms with van der Waals surface area (Å²) >= 11 is 0. The monoisotopic (exact) mass is 334 g/mol. The molecule has 2 heterocycles. The Bertz CT molecular complexity index is 898. The van der Waals surface area contributed by atoms with E-state index in [1.54, 1.807) is 18.2 Å². The maximum absolute atomic E-state index is 13.1. The fourth-order valence-electron chi connectivity index (χ4n) is 2.82. The molecule has 0 unspecified atom stereocenters. The lowest BCUT2D eigenvalue weighted by Crippen LogP contribution is -2.39. The van der Waals surface area contributed by atoms with E-state index in [4.69, 9.17) is 4.18 Å². The molecule has 1 fully saturated rings. The highest BCUT2D eigenvalue weighted by Crippen LogP contribution is 2.42. The zero-order valence-electron chi connectivity index (χ0n) is 11.7. The van der Waals surface area contributed by atoms with Crippen molar-refractivity contribution >= 4 is 21.9 Å². The Hall–Kier alpha value is -2.45. The average molecular weight is 334 g/mol. The highest BCUT2D eigenvalue weighted by atomic mass is 32.2. The van der Waals surface area contributed by atoms with E-state index in [-0.39, 0.29) is 12.4 Å². The highest BCUT2D eigenvalue weighted by molar-refractivity contribution is 7.84. The van der Waals surface area contributed by atoms with Crippen LogP contribution in [0.25, 0.3) is 0 Å². The summed E-state index contributed by atoms with van der Waals surface area (Å²) in [5.41, 5.74) is 0.926. The molecule has 8 heteroatoms. The molecule has 6 nitrogen and oxygen atoms in total. The lowest BCUT2D eigenvalue weighted by Gasteiger charge is -2.27. The first kappa shape index (κ1) is 14.2. The number of benzene rings is 2. The number of amides is 1. The van der Waals surface area contributed by atoms with E-state index in [9.17, 15) is 17.6 Å². The lowest BCUT2D eigenvalue weighted by molar-refractivity contribution is -0.119. The molecule has 0 aliphatic carbocycles. The van der Waals surface area contributed by atoms with Crippen molar-refractivity contribution in [3.05, 3.63) is 59.9 Å². The second-order valence-corrected chi connectivity index (χ2v) is 6.74. The number of carbonyl (C=O) groups is 1. The van der Waals surface area contributed by atoms with Gasteiger partial charge in [-0.3, -0.25) is 9.69 Å². The average Bonchev–Trinajstić information content (AvgIpc) is 2.87. The fourth-order valence-corrected chi connectivity index (χ4v) is 4.02. The number of carbonyl (C=O) groups excluding carboxylic acids is 1. The van der Waals surface area contributed by atoms with Gasteiger partial charge in [0.2, 0.25) is 0 Å². The molecule has 2 aliphatic rings. The topological polar surface area (TPSA) is 66.9 Å². The molecule has 4 rings (SSSR count). The quantitative estimate of drug-likeness (QED) is 0.798. The van der Waals surface area contributed by atoms with Crippen LogP contribution in [0, 0.1) is 5.82 Å². The number of halogens is 1. The largest absolute Gasteiger partial charge is 0.387 e. The van der Waals surface area contributed by atoms with Crippen molar-refractivity contribution < 1.29 is 21.8 Å². The van der Waals surface area contributed by atoms with E-state index in [1.807, 2.05) is 0 Å². The van der Waals surface area contributed by atoms with Crippen molar-refractivity contribution in [1.82, 2.24) is 4.31 Å². The SMILES string of the molecule is O=C1[C@H]2c3ccccc3OS(=O)(=O)N2CN1c1ccc(F)cc1. The van der Waals surface area contributed by atoms with Crippen molar-refractivity contribution in [3.8, 4) is 5.75 Å². The van der Waals surface area contributed by atoms with Gasteiger partial charge in [0.05, 0.1) is 6.67 Å². The van der Waals surface area contributed by atoms with Gasteiger partial charge in [0.25, 0.3) is 5.91 Å². The first-order valence-corrected chi connectivity index (χ1v) is 8.21. The second kappa shape index (κ2) is 4.77. The van der Waals surface area contributed by atoms with Crippen LogP contribution >= 0.6 is 0 Å². The molecule has 23 heavy (non-hydrogen) atoms. The minimum Gasteiger partial charge on any atom is -0.370 e. The maximum Gasteiger partial charge on any atom is 0.387 e. The third-order valence-electron chi connectivity index (χ3n) is 3.90. The number of hydrogen-bond acceptors (Lipinski definition) is 4. The maximum atomic E-state index is 13.1. The normalized spacial score (nSPS) is 22.4. The molecule has 0 bridgehead atoms. The molecule has 1 amide bonds. The molecule has 0 radical (unpaired) electrons. The van der Waals surface area contributed by atoms with Gasteiger partial charge in [-0.1, -0.05) is 18.2 Å². The molecule has 1 atom stereocenters. The molecule has 2 aromatic carbocycles. The molecule has 0 N–H and O–H groups in total. The van der Waals surface area contributed by atoms with Crippen molar-refractivity contribution in [2.24, 2.45) is 0 Å². The van der Waals surface area contributed by atoms with Crippen LogP contribution in [0.2, 0.25) is 0 Å². The summed E-state index contributed by atoms with van der Waals surface area (Å²) < 4.78 is 43.6. The van der Waals surface area contributed by atoms with Crippen LogP contribution in [0.1, 0.15) is 11.6 Å². The van der Waals surface area contributed by atoms with Crippen LogP contribution < -0.4 is 9.08 Å². The van der Waals surface area contributed by atoms with Crippen molar-refractivity contribution in [2.75, 3.05) is 11.6 Å². The van der Waals surface area contributed by atoms with Crippen LogP contribution in [-0.4, -0.2) is 25.3 Å². The van der Waals surface area contributed by atoms with Gasteiger partial charge in [0.15, 0.2) is 0 Å². The number of anilines is 1. The Labute approximate surface area is 132 Å². The molecule has 0 saturated carbocycles. The molecular formula is C15H11FN2O4S. The predicted molar refractivity (Wildman–Crippen MR) is 79.3 cm³/mol. The smallest absolute Gasteiger partial charge is 0.370 e. The van der Waals surface area contributed by atoms with E-state index in [0.29, 0.717) is 11.3 Å². The van der Waals surface area contributed by atoms with Gasteiger partial charge in [-0.05, 0) is 30.3 Å². The predicted octanol–water partition coefficient (Wildman–Crippen LogP) is 1.81. The van der Waals surface area contributed by atoms with Gasteiger partial charge < -0.3 is 4.18 Å². The number of rotatable bonds is 1. The summed E-state index contributed by atoms with van der Waals surface area (Å²) in [6.07, 6.45) is 0. The third kappa shape index (κ3) is 2.10. The molecule has 2 aromatic rings. The molecule has 2 aliphatic heterocycles. The van der Waals surface area contributed by atoms with E-state index in [0.717, 1.165) is 4.31 Å². The van der Waals surface area contributed by atoms with E-state index in [2.05, 4.69) is 0 Å². The molecule has 1 saturated heterocycles. The van der Waals surface area contributed by atoms with Crippen LogP contribution in [0.3, 0.4) is 0 Å². The molecular weight excluding hydrogens is 323 g/mol. The Morgan fingerprint density at radius 2 is 1.78 bits per heavy atom. The van der Waals surface area contributed by atoms with Gasteiger partial charge in [-0.15, -0.1) is 4.31 Å². The summed E-state index contributed by atoms with van der Waals surface area (Å²) in [6, 6.07) is 10.9. The van der Waals surface area contributed by atoms with Crippen LogP contribution in [0.4, 0.5) is 10.1 Å². The third-order valence-corrected chi connectivity index (χ3v) is 5.19. The van der Waals surface area contributed by atoms with Crippen molar-refractivity contribution in [3.63, 3.8) is 0 Å². The van der Waals surface area contributed by atoms with Crippen molar-refractivity contribution in [1.29, 1.82) is 0 Å². The van der Waals surface area contributed by atoms with Gasteiger partial charge in [0, 0.05) is 11.3 Å².